The first kappa shape index (κ1) is 13.5. The molecule has 16 heavy (non-hydrogen) atoms. The van der Waals surface area contributed by atoms with Crippen molar-refractivity contribution in [1.82, 2.24) is 4.90 Å². The number of thiophene rings is 1. The van der Waals surface area contributed by atoms with Crippen LogP contribution in [0.1, 0.15) is 17.3 Å². The van der Waals surface area contributed by atoms with Gasteiger partial charge >= 0.3 is 6.18 Å². The second-order valence-electron chi connectivity index (χ2n) is 3.61. The highest BCUT2D eigenvalue weighted by molar-refractivity contribution is 7.10. The quantitative estimate of drug-likeness (QED) is 0.873. The van der Waals surface area contributed by atoms with E-state index in [1.807, 2.05) is 17.5 Å². The van der Waals surface area contributed by atoms with Crippen LogP contribution in [0.3, 0.4) is 0 Å². The maximum atomic E-state index is 12.1. The minimum absolute atomic E-state index is 0.0245. The lowest BCUT2D eigenvalue weighted by Crippen LogP contribution is -2.32. The van der Waals surface area contributed by atoms with Crippen molar-refractivity contribution in [3.05, 3.63) is 22.4 Å². The Bertz CT molecular complexity index is 298. The topological polar surface area (TPSA) is 29.3 Å². The van der Waals surface area contributed by atoms with Gasteiger partial charge in [-0.25, -0.2) is 0 Å². The first-order valence-corrected chi connectivity index (χ1v) is 5.82. The van der Waals surface area contributed by atoms with Crippen molar-refractivity contribution in [3.63, 3.8) is 0 Å². The third kappa shape index (κ3) is 4.11. The van der Waals surface area contributed by atoms with Gasteiger partial charge in [-0.05, 0) is 18.5 Å². The molecule has 1 rings (SSSR count). The van der Waals surface area contributed by atoms with Gasteiger partial charge in [0.05, 0.1) is 12.5 Å². The molecule has 0 aliphatic heterocycles. The van der Waals surface area contributed by atoms with E-state index in [0.29, 0.717) is 6.54 Å². The molecule has 92 valence electrons. The average molecular weight is 252 g/mol. The van der Waals surface area contributed by atoms with Crippen LogP contribution in [0.25, 0.3) is 0 Å². The summed E-state index contributed by atoms with van der Waals surface area (Å²) in [4.78, 5) is 2.66. The number of hydrogen-bond acceptors (Lipinski definition) is 3. The largest absolute Gasteiger partial charge is 0.390 e. The molecule has 0 aliphatic rings. The van der Waals surface area contributed by atoms with Crippen LogP contribution in [-0.2, 0) is 0 Å². The van der Waals surface area contributed by atoms with E-state index in [2.05, 4.69) is 0 Å². The van der Waals surface area contributed by atoms with E-state index < -0.39 is 12.6 Å². The fourth-order valence-corrected chi connectivity index (χ4v) is 2.36. The van der Waals surface area contributed by atoms with Gasteiger partial charge in [-0.2, -0.15) is 13.2 Å². The Kier molecular flexibility index (Phi) is 4.76. The van der Waals surface area contributed by atoms with Crippen LogP contribution in [0, 0.1) is 0 Å². The molecule has 1 unspecified atom stereocenters. The zero-order valence-electron chi connectivity index (χ0n) is 9.00. The molecule has 0 amide bonds. The lowest BCUT2D eigenvalue weighted by Gasteiger charge is -2.26. The third-order valence-corrected chi connectivity index (χ3v) is 3.35. The standard InChI is InChI=1S/C10H15F3N2S/c1-15(5-4-10(11,12)13)8(7-14)9-3-2-6-16-9/h2-3,6,8H,4-5,7,14H2,1H3. The molecule has 0 bridgehead atoms. The predicted octanol–water partition coefficient (Wildman–Crippen LogP) is 2.63. The van der Waals surface area contributed by atoms with Crippen molar-refractivity contribution in [1.29, 1.82) is 0 Å². The van der Waals surface area contributed by atoms with E-state index in [4.69, 9.17) is 5.73 Å². The van der Waals surface area contributed by atoms with Crippen LogP contribution >= 0.6 is 11.3 Å². The van der Waals surface area contributed by atoms with Gasteiger partial charge in [0.15, 0.2) is 0 Å². The Balaban J connectivity index is 2.54. The molecule has 1 aromatic rings. The number of halogens is 3. The van der Waals surface area contributed by atoms with Crippen LogP contribution in [0.4, 0.5) is 13.2 Å². The van der Waals surface area contributed by atoms with E-state index in [1.54, 1.807) is 11.9 Å². The van der Waals surface area contributed by atoms with Crippen LogP contribution in [0.2, 0.25) is 0 Å². The number of nitrogens with zero attached hydrogens (tertiary/aromatic N) is 1. The van der Waals surface area contributed by atoms with Crippen LogP contribution in [0.15, 0.2) is 17.5 Å². The van der Waals surface area contributed by atoms with E-state index >= 15 is 0 Å². The Hall–Kier alpha value is -0.590. The molecular formula is C10H15F3N2S. The summed E-state index contributed by atoms with van der Waals surface area (Å²) in [6, 6.07) is 3.65. The second kappa shape index (κ2) is 5.65. The van der Waals surface area contributed by atoms with Crippen LogP contribution in [0.5, 0.6) is 0 Å². The van der Waals surface area contributed by atoms with Crippen LogP contribution in [-0.4, -0.2) is 31.2 Å². The van der Waals surface area contributed by atoms with Gasteiger partial charge < -0.3 is 5.73 Å². The van der Waals surface area contributed by atoms with Crippen molar-refractivity contribution in [2.45, 2.75) is 18.6 Å². The summed E-state index contributed by atoms with van der Waals surface area (Å²) >= 11 is 1.51. The fourth-order valence-electron chi connectivity index (χ4n) is 1.45. The number of alkyl halides is 3. The van der Waals surface area contributed by atoms with Gasteiger partial charge in [-0.1, -0.05) is 6.07 Å². The molecule has 0 saturated carbocycles. The summed E-state index contributed by atoms with van der Waals surface area (Å²) in [7, 11) is 1.67. The van der Waals surface area contributed by atoms with Crippen molar-refractivity contribution >= 4 is 11.3 Å². The molecule has 0 saturated heterocycles. The Morgan fingerprint density at radius 1 is 1.50 bits per heavy atom. The van der Waals surface area contributed by atoms with E-state index in [0.717, 1.165) is 4.88 Å². The van der Waals surface area contributed by atoms with E-state index in [9.17, 15) is 13.2 Å². The molecule has 1 aromatic heterocycles. The molecule has 1 heterocycles. The summed E-state index contributed by atoms with van der Waals surface area (Å²) in [6.07, 6.45) is -4.91. The Morgan fingerprint density at radius 2 is 2.19 bits per heavy atom. The van der Waals surface area contributed by atoms with E-state index in [1.165, 1.54) is 11.3 Å². The zero-order chi connectivity index (χ0) is 12.2. The second-order valence-corrected chi connectivity index (χ2v) is 4.59. The van der Waals surface area contributed by atoms with E-state index in [-0.39, 0.29) is 12.6 Å². The first-order valence-electron chi connectivity index (χ1n) is 4.94. The molecule has 0 spiro atoms. The third-order valence-electron chi connectivity index (χ3n) is 2.37. The molecule has 2 N–H and O–H groups in total. The van der Waals surface area contributed by atoms with Crippen molar-refractivity contribution in [2.75, 3.05) is 20.1 Å². The molecule has 6 heteroatoms. The molecule has 0 fully saturated rings. The Morgan fingerprint density at radius 3 is 2.62 bits per heavy atom. The summed E-state index contributed by atoms with van der Waals surface area (Å²) in [5, 5.41) is 1.90. The molecule has 0 radical (unpaired) electrons. The van der Waals surface area contributed by atoms with Crippen molar-refractivity contribution in [2.24, 2.45) is 5.73 Å². The molecule has 0 aromatic carbocycles. The molecule has 1 atom stereocenters. The smallest absolute Gasteiger partial charge is 0.329 e. The maximum Gasteiger partial charge on any atom is 0.390 e. The molecular weight excluding hydrogens is 237 g/mol. The Labute approximate surface area is 96.9 Å². The van der Waals surface area contributed by atoms with Gasteiger partial charge in [0.25, 0.3) is 0 Å². The SMILES string of the molecule is CN(CCC(F)(F)F)C(CN)c1cccs1. The van der Waals surface area contributed by atoms with Gasteiger partial charge in [0.2, 0.25) is 0 Å². The number of rotatable bonds is 5. The van der Waals surface area contributed by atoms with Gasteiger partial charge in [-0.15, -0.1) is 11.3 Å². The zero-order valence-corrected chi connectivity index (χ0v) is 9.81. The number of hydrogen-bond donors (Lipinski definition) is 1. The summed E-state index contributed by atoms with van der Waals surface area (Å²) in [5.74, 6) is 0. The van der Waals surface area contributed by atoms with Crippen molar-refractivity contribution in [3.8, 4) is 0 Å². The minimum atomic E-state index is -4.11. The highest BCUT2D eigenvalue weighted by Gasteiger charge is 2.28. The average Bonchev–Trinajstić information content (AvgIpc) is 2.68. The lowest BCUT2D eigenvalue weighted by molar-refractivity contribution is -0.138. The van der Waals surface area contributed by atoms with Crippen LogP contribution < -0.4 is 5.73 Å². The summed E-state index contributed by atoms with van der Waals surface area (Å²) < 4.78 is 36.2. The van der Waals surface area contributed by atoms with Gasteiger partial charge in [0.1, 0.15) is 0 Å². The number of nitrogens with two attached hydrogens (primary N) is 1. The first-order chi connectivity index (χ1) is 7.44. The maximum absolute atomic E-state index is 12.1. The monoisotopic (exact) mass is 252 g/mol. The summed E-state index contributed by atoms with van der Waals surface area (Å²) in [5.41, 5.74) is 5.59. The molecule has 2 nitrogen and oxygen atoms in total. The number of likely N-dealkylation sites (N-methyl/N-ethyl adjacent to an activating group) is 1. The molecule has 0 aliphatic carbocycles. The summed E-state index contributed by atoms with van der Waals surface area (Å²) in [6.45, 7) is 0.304. The minimum Gasteiger partial charge on any atom is -0.329 e. The lowest BCUT2D eigenvalue weighted by atomic mass is 10.2. The fraction of sp³-hybridized carbons (Fsp3) is 0.600. The van der Waals surface area contributed by atoms with Crippen molar-refractivity contribution < 1.29 is 13.2 Å². The predicted molar refractivity (Wildman–Crippen MR) is 59.4 cm³/mol. The van der Waals surface area contributed by atoms with Gasteiger partial charge in [0, 0.05) is 18.0 Å². The highest BCUT2D eigenvalue weighted by Crippen LogP contribution is 2.25. The van der Waals surface area contributed by atoms with Gasteiger partial charge in [-0.3, -0.25) is 4.90 Å². The normalized spacial score (nSPS) is 14.4. The highest BCUT2D eigenvalue weighted by atomic mass is 32.1.